The summed E-state index contributed by atoms with van der Waals surface area (Å²) in [5, 5.41) is 0. The molecule has 1 saturated heterocycles. The highest BCUT2D eigenvalue weighted by Crippen LogP contribution is 2.45. The van der Waals surface area contributed by atoms with Crippen LogP contribution in [0.3, 0.4) is 0 Å². The Morgan fingerprint density at radius 2 is 1.57 bits per heavy atom. The minimum atomic E-state index is -0.394. The van der Waals surface area contributed by atoms with E-state index in [4.69, 9.17) is 14.2 Å². The van der Waals surface area contributed by atoms with E-state index in [-0.39, 0.29) is 12.1 Å². The predicted octanol–water partition coefficient (Wildman–Crippen LogP) is 5.69. The van der Waals surface area contributed by atoms with Gasteiger partial charge in [-0.05, 0) is 36.1 Å². The smallest absolute Gasteiger partial charge is 0.199 e. The second-order valence-corrected chi connectivity index (χ2v) is 7.77. The third-order valence-electron chi connectivity index (χ3n) is 5.75. The van der Waals surface area contributed by atoms with E-state index in [0.29, 0.717) is 17.1 Å². The van der Waals surface area contributed by atoms with Crippen molar-refractivity contribution in [1.29, 1.82) is 0 Å². The number of benzene rings is 3. The van der Waals surface area contributed by atoms with Crippen molar-refractivity contribution in [3.8, 4) is 11.5 Å². The zero-order valence-corrected chi connectivity index (χ0v) is 16.7. The molecule has 0 amide bonds. The average Bonchev–Trinajstić information content (AvgIpc) is 2.81. The molecule has 1 unspecified atom stereocenters. The number of hydrogen-bond donors (Lipinski definition) is 0. The zero-order chi connectivity index (χ0) is 20.3. The van der Waals surface area contributed by atoms with Gasteiger partial charge in [0, 0.05) is 12.5 Å². The summed E-state index contributed by atoms with van der Waals surface area (Å²) in [5.41, 5.74) is 2.53. The fraction of sp³-hybridized carbons (Fsp3) is 0.269. The number of hydrogen-bond acceptors (Lipinski definition) is 4. The number of carbonyl (C=O) groups is 1. The van der Waals surface area contributed by atoms with Crippen LogP contribution in [0.2, 0.25) is 0 Å². The molecule has 3 aromatic carbocycles. The lowest BCUT2D eigenvalue weighted by molar-refractivity contribution is -0.106. The van der Waals surface area contributed by atoms with Gasteiger partial charge in [0.25, 0.3) is 0 Å². The van der Waals surface area contributed by atoms with Crippen molar-refractivity contribution < 1.29 is 19.0 Å². The van der Waals surface area contributed by atoms with Crippen molar-refractivity contribution >= 4 is 5.78 Å². The third kappa shape index (κ3) is 3.71. The van der Waals surface area contributed by atoms with Crippen LogP contribution in [-0.2, 0) is 4.74 Å². The first-order valence-corrected chi connectivity index (χ1v) is 10.5. The van der Waals surface area contributed by atoms with E-state index in [0.717, 1.165) is 37.0 Å². The van der Waals surface area contributed by atoms with E-state index in [1.165, 1.54) is 0 Å². The summed E-state index contributed by atoms with van der Waals surface area (Å²) in [6, 6.07) is 25.3. The lowest BCUT2D eigenvalue weighted by Gasteiger charge is -2.33. The zero-order valence-electron chi connectivity index (χ0n) is 16.7. The van der Waals surface area contributed by atoms with Crippen molar-refractivity contribution in [2.45, 2.75) is 37.6 Å². The fourth-order valence-corrected chi connectivity index (χ4v) is 4.23. The van der Waals surface area contributed by atoms with E-state index in [9.17, 15) is 4.79 Å². The molecule has 0 radical (unpaired) electrons. The van der Waals surface area contributed by atoms with Crippen LogP contribution in [0.1, 0.15) is 52.8 Å². The first kappa shape index (κ1) is 18.9. The normalized spacial score (nSPS) is 23.3. The second-order valence-electron chi connectivity index (χ2n) is 7.77. The molecule has 0 N–H and O–H groups in total. The molecule has 152 valence electrons. The van der Waals surface area contributed by atoms with Crippen LogP contribution in [-0.4, -0.2) is 18.7 Å². The molecular formula is C26H24O4. The van der Waals surface area contributed by atoms with Gasteiger partial charge in [0.1, 0.15) is 17.6 Å². The Labute approximate surface area is 176 Å². The van der Waals surface area contributed by atoms with Gasteiger partial charge in [0.05, 0.1) is 18.1 Å². The highest BCUT2D eigenvalue weighted by atomic mass is 16.7. The molecule has 3 atom stereocenters. The van der Waals surface area contributed by atoms with E-state index in [2.05, 4.69) is 0 Å². The molecule has 4 nitrogen and oxygen atoms in total. The van der Waals surface area contributed by atoms with Crippen molar-refractivity contribution in [2.24, 2.45) is 0 Å². The van der Waals surface area contributed by atoms with Crippen LogP contribution in [0.4, 0.5) is 0 Å². The van der Waals surface area contributed by atoms with Gasteiger partial charge < -0.3 is 14.2 Å². The van der Waals surface area contributed by atoms with Gasteiger partial charge in [-0.1, -0.05) is 60.7 Å². The topological polar surface area (TPSA) is 44.8 Å². The minimum absolute atomic E-state index is 0.0665. The molecule has 0 aliphatic carbocycles. The lowest BCUT2D eigenvalue weighted by atomic mass is 9.81. The highest BCUT2D eigenvalue weighted by molar-refractivity contribution is 6.04. The average molecular weight is 400 g/mol. The van der Waals surface area contributed by atoms with Gasteiger partial charge in [-0.2, -0.15) is 0 Å². The lowest BCUT2D eigenvalue weighted by Crippen LogP contribution is -2.30. The Bertz CT molecular complexity index is 1010. The molecule has 2 aliphatic heterocycles. The Hall–Kier alpha value is -3.11. The van der Waals surface area contributed by atoms with E-state index in [1.54, 1.807) is 0 Å². The quantitative estimate of drug-likeness (QED) is 0.564. The van der Waals surface area contributed by atoms with Gasteiger partial charge in [-0.15, -0.1) is 0 Å². The Morgan fingerprint density at radius 3 is 2.27 bits per heavy atom. The SMILES string of the molecule is O=C1c2ccc(OC3CCCCO3)cc2O[C@@H](c2ccccc2)[C@@H]1c1ccccc1. The summed E-state index contributed by atoms with van der Waals surface area (Å²) < 4.78 is 18.1. The maximum absolute atomic E-state index is 13.6. The number of carbonyl (C=O) groups excluding carboxylic acids is 1. The summed E-state index contributed by atoms with van der Waals surface area (Å²) in [7, 11) is 0. The van der Waals surface area contributed by atoms with Crippen LogP contribution in [0.5, 0.6) is 11.5 Å². The molecule has 2 aliphatic rings. The van der Waals surface area contributed by atoms with Crippen LogP contribution < -0.4 is 9.47 Å². The van der Waals surface area contributed by atoms with Gasteiger partial charge in [-0.25, -0.2) is 0 Å². The number of ketones is 1. The molecule has 4 heteroatoms. The van der Waals surface area contributed by atoms with Crippen molar-refractivity contribution in [2.75, 3.05) is 6.61 Å². The molecule has 2 heterocycles. The molecule has 30 heavy (non-hydrogen) atoms. The summed E-state index contributed by atoms with van der Waals surface area (Å²) >= 11 is 0. The maximum Gasteiger partial charge on any atom is 0.199 e. The highest BCUT2D eigenvalue weighted by Gasteiger charge is 2.39. The number of fused-ring (bicyclic) bond motifs is 1. The second kappa shape index (κ2) is 8.33. The monoisotopic (exact) mass is 400 g/mol. The van der Waals surface area contributed by atoms with Crippen molar-refractivity contribution in [1.82, 2.24) is 0 Å². The standard InChI is InChI=1S/C26H24O4/c27-25-21-15-14-20(29-23-13-7-8-16-28-23)17-22(21)30-26(19-11-5-2-6-12-19)24(25)18-9-3-1-4-10-18/h1-6,9-12,14-15,17,23-24,26H,7-8,13,16H2/t23?,24-,26+/m1/s1. The molecule has 5 rings (SSSR count). The molecular weight excluding hydrogens is 376 g/mol. The van der Waals surface area contributed by atoms with Crippen LogP contribution in [0, 0.1) is 0 Å². The maximum atomic E-state index is 13.6. The van der Waals surface area contributed by atoms with Gasteiger partial charge in [-0.3, -0.25) is 4.79 Å². The van der Waals surface area contributed by atoms with Gasteiger partial charge in [0.15, 0.2) is 12.1 Å². The van der Waals surface area contributed by atoms with Gasteiger partial charge in [0.2, 0.25) is 0 Å². The number of ether oxygens (including phenoxy) is 3. The summed E-state index contributed by atoms with van der Waals surface area (Å²) in [5.74, 6) is 0.902. The molecule has 1 fully saturated rings. The van der Waals surface area contributed by atoms with E-state index < -0.39 is 12.0 Å². The summed E-state index contributed by atoms with van der Waals surface area (Å²) in [6.45, 7) is 0.722. The van der Waals surface area contributed by atoms with Crippen LogP contribution in [0.25, 0.3) is 0 Å². The van der Waals surface area contributed by atoms with Crippen molar-refractivity contribution in [3.63, 3.8) is 0 Å². The summed E-state index contributed by atoms with van der Waals surface area (Å²) in [4.78, 5) is 13.6. The Morgan fingerprint density at radius 1 is 0.833 bits per heavy atom. The van der Waals surface area contributed by atoms with Crippen LogP contribution in [0.15, 0.2) is 78.9 Å². The first-order chi connectivity index (χ1) is 14.8. The summed E-state index contributed by atoms with van der Waals surface area (Å²) in [6.07, 6.45) is 2.41. The van der Waals surface area contributed by atoms with Gasteiger partial charge >= 0.3 is 0 Å². The van der Waals surface area contributed by atoms with E-state index in [1.807, 2.05) is 78.9 Å². The molecule has 3 aromatic rings. The van der Waals surface area contributed by atoms with E-state index >= 15 is 0 Å². The number of Topliss-reactive ketones (excluding diaryl/α,β-unsaturated/α-hetero) is 1. The third-order valence-corrected chi connectivity index (χ3v) is 5.75. The Kier molecular flexibility index (Phi) is 5.24. The molecule has 0 saturated carbocycles. The van der Waals surface area contributed by atoms with Crippen molar-refractivity contribution in [3.05, 3.63) is 95.6 Å². The molecule has 0 spiro atoms. The first-order valence-electron chi connectivity index (χ1n) is 10.5. The fourth-order valence-electron chi connectivity index (χ4n) is 4.23. The largest absolute Gasteiger partial charge is 0.484 e. The predicted molar refractivity (Wildman–Crippen MR) is 114 cm³/mol. The molecule has 0 bridgehead atoms. The molecule has 0 aromatic heterocycles. The number of rotatable bonds is 4. The van der Waals surface area contributed by atoms with Crippen LogP contribution >= 0.6 is 0 Å². The minimum Gasteiger partial charge on any atom is -0.484 e. The Balaban J connectivity index is 1.51.